The van der Waals surface area contributed by atoms with E-state index in [-0.39, 0.29) is 12.0 Å². The van der Waals surface area contributed by atoms with Crippen molar-refractivity contribution in [2.24, 2.45) is 0 Å². The average Bonchev–Trinajstić information content (AvgIpc) is 2.18. The number of ether oxygens (including phenoxy) is 1. The molecule has 0 fully saturated rings. The summed E-state index contributed by atoms with van der Waals surface area (Å²) in [7, 11) is 1.38. The quantitative estimate of drug-likeness (QED) is 0.647. The fourth-order valence-corrected chi connectivity index (χ4v) is 1.16. The van der Waals surface area contributed by atoms with E-state index in [1.54, 1.807) is 6.08 Å². The van der Waals surface area contributed by atoms with Gasteiger partial charge in [-0.15, -0.1) is 0 Å². The second kappa shape index (κ2) is 3.53. The van der Waals surface area contributed by atoms with Crippen molar-refractivity contribution in [1.82, 2.24) is 0 Å². The van der Waals surface area contributed by atoms with Gasteiger partial charge in [-0.1, -0.05) is 12.2 Å². The Balaban J connectivity index is 2.90. The molecule has 1 unspecified atom stereocenters. The predicted octanol–water partition coefficient (Wildman–Crippen LogP) is 0.541. The van der Waals surface area contributed by atoms with Crippen molar-refractivity contribution >= 4 is 12.3 Å². The lowest BCUT2D eigenvalue weighted by atomic mass is 9.91. The zero-order valence-electron chi connectivity index (χ0n) is 7.19. The van der Waals surface area contributed by atoms with E-state index < -0.39 is 11.6 Å². The summed E-state index contributed by atoms with van der Waals surface area (Å²) in [5.41, 5.74) is -0.917. The minimum absolute atomic E-state index is 0.0822. The molecule has 70 valence electrons. The molecule has 0 amide bonds. The summed E-state index contributed by atoms with van der Waals surface area (Å²) in [6, 6.07) is 0. The molecule has 0 aliphatic heterocycles. The summed E-state index contributed by atoms with van der Waals surface area (Å²) < 4.78 is 4.95. The molecule has 0 spiro atoms. The summed E-state index contributed by atoms with van der Waals surface area (Å²) in [5, 5.41) is 8.69. The normalized spacial score (nSPS) is 26.7. The molecular formula is C9H10O4. The summed E-state index contributed by atoms with van der Waals surface area (Å²) in [5.74, 6) is -1.02. The maximum atomic E-state index is 10.7. The van der Waals surface area contributed by atoms with Crippen molar-refractivity contribution in [2.75, 3.05) is 7.11 Å². The van der Waals surface area contributed by atoms with Crippen molar-refractivity contribution in [2.45, 2.75) is 12.0 Å². The second-order valence-corrected chi connectivity index (χ2v) is 2.81. The smallest absolute Gasteiger partial charge is 0.331 e. The van der Waals surface area contributed by atoms with Crippen LogP contribution in [0.4, 0.5) is 0 Å². The number of carboxylic acid groups (broad SMARTS) is 1. The molecule has 0 saturated carbocycles. The Morgan fingerprint density at radius 3 is 2.92 bits per heavy atom. The summed E-state index contributed by atoms with van der Waals surface area (Å²) in [4.78, 5) is 21.3. The van der Waals surface area contributed by atoms with Crippen LogP contribution in [0.2, 0.25) is 0 Å². The molecule has 0 radical (unpaired) electrons. The van der Waals surface area contributed by atoms with Crippen LogP contribution >= 0.6 is 0 Å². The van der Waals surface area contributed by atoms with Crippen molar-refractivity contribution in [3.63, 3.8) is 0 Å². The molecule has 1 rings (SSSR count). The SMILES string of the molecule is COC1(C=O)C=CC=C(C(=O)O)C1. The molecule has 4 nitrogen and oxygen atoms in total. The van der Waals surface area contributed by atoms with Crippen LogP contribution in [-0.2, 0) is 14.3 Å². The number of allylic oxidation sites excluding steroid dienone is 2. The summed E-state index contributed by atoms with van der Waals surface area (Å²) in [6.45, 7) is 0. The van der Waals surface area contributed by atoms with Gasteiger partial charge in [0.15, 0.2) is 6.29 Å². The lowest BCUT2D eigenvalue weighted by molar-refractivity contribution is -0.133. The molecule has 1 N–H and O–H groups in total. The Bertz CT molecular complexity index is 290. The van der Waals surface area contributed by atoms with Gasteiger partial charge in [-0.3, -0.25) is 4.79 Å². The van der Waals surface area contributed by atoms with Gasteiger partial charge in [0.2, 0.25) is 0 Å². The molecule has 13 heavy (non-hydrogen) atoms. The summed E-state index contributed by atoms with van der Waals surface area (Å²) >= 11 is 0. The van der Waals surface area contributed by atoms with Crippen LogP contribution in [0.5, 0.6) is 0 Å². The molecule has 0 heterocycles. The van der Waals surface area contributed by atoms with Gasteiger partial charge in [-0.2, -0.15) is 0 Å². The van der Waals surface area contributed by atoms with Gasteiger partial charge < -0.3 is 9.84 Å². The monoisotopic (exact) mass is 182 g/mol. The van der Waals surface area contributed by atoms with Crippen molar-refractivity contribution < 1.29 is 19.4 Å². The van der Waals surface area contributed by atoms with E-state index in [1.807, 2.05) is 0 Å². The fourth-order valence-electron chi connectivity index (χ4n) is 1.16. The van der Waals surface area contributed by atoms with Crippen molar-refractivity contribution in [3.05, 3.63) is 23.8 Å². The van der Waals surface area contributed by atoms with Gasteiger partial charge >= 0.3 is 5.97 Å². The minimum Gasteiger partial charge on any atom is -0.478 e. The van der Waals surface area contributed by atoms with Gasteiger partial charge in [0.05, 0.1) is 0 Å². The van der Waals surface area contributed by atoms with Crippen LogP contribution in [-0.4, -0.2) is 30.1 Å². The Labute approximate surface area is 75.5 Å². The first-order chi connectivity index (χ1) is 6.13. The van der Waals surface area contributed by atoms with Crippen LogP contribution in [0.3, 0.4) is 0 Å². The molecule has 0 bridgehead atoms. The number of carboxylic acids is 1. The Morgan fingerprint density at radius 2 is 2.46 bits per heavy atom. The van der Waals surface area contributed by atoms with Gasteiger partial charge in [-0.05, 0) is 6.08 Å². The maximum absolute atomic E-state index is 10.7. The molecule has 0 aromatic rings. The van der Waals surface area contributed by atoms with Crippen LogP contribution in [0.1, 0.15) is 6.42 Å². The van der Waals surface area contributed by atoms with E-state index in [1.165, 1.54) is 19.3 Å². The Kier molecular flexibility index (Phi) is 2.63. The zero-order chi connectivity index (χ0) is 9.90. The number of carbonyl (C=O) groups excluding carboxylic acids is 1. The first kappa shape index (κ1) is 9.67. The van der Waals surface area contributed by atoms with Crippen LogP contribution in [0.15, 0.2) is 23.8 Å². The highest BCUT2D eigenvalue weighted by atomic mass is 16.5. The number of rotatable bonds is 3. The van der Waals surface area contributed by atoms with E-state index in [0.717, 1.165) is 0 Å². The molecule has 0 saturated heterocycles. The van der Waals surface area contributed by atoms with Crippen LogP contribution < -0.4 is 0 Å². The number of hydrogen-bond donors (Lipinski definition) is 1. The molecule has 0 aromatic carbocycles. The number of methoxy groups -OCH3 is 1. The number of carbonyl (C=O) groups is 2. The minimum atomic E-state index is -1.09. The van der Waals surface area contributed by atoms with E-state index in [0.29, 0.717) is 6.29 Å². The predicted molar refractivity (Wildman–Crippen MR) is 45.3 cm³/mol. The number of aldehydes is 1. The van der Waals surface area contributed by atoms with Crippen LogP contribution in [0.25, 0.3) is 0 Å². The number of hydrogen-bond acceptors (Lipinski definition) is 3. The van der Waals surface area contributed by atoms with E-state index in [4.69, 9.17) is 9.84 Å². The third kappa shape index (κ3) is 1.84. The Morgan fingerprint density at radius 1 is 1.77 bits per heavy atom. The molecule has 4 heteroatoms. The molecule has 1 aliphatic rings. The standard InChI is InChI=1S/C9H10O4/c1-13-9(6-10)4-2-3-7(5-9)8(11)12/h2-4,6H,5H2,1H3,(H,11,12). The zero-order valence-corrected chi connectivity index (χ0v) is 7.19. The van der Waals surface area contributed by atoms with E-state index in [9.17, 15) is 9.59 Å². The summed E-state index contributed by atoms with van der Waals surface area (Å²) in [6.07, 6.45) is 5.22. The van der Waals surface area contributed by atoms with Gasteiger partial charge in [0.1, 0.15) is 5.60 Å². The third-order valence-corrected chi connectivity index (χ3v) is 2.00. The third-order valence-electron chi connectivity index (χ3n) is 2.00. The highest BCUT2D eigenvalue weighted by Gasteiger charge is 2.31. The lowest BCUT2D eigenvalue weighted by Gasteiger charge is -2.24. The van der Waals surface area contributed by atoms with Crippen molar-refractivity contribution in [1.29, 1.82) is 0 Å². The molecule has 0 aromatic heterocycles. The molecule has 1 aliphatic carbocycles. The largest absolute Gasteiger partial charge is 0.478 e. The highest BCUT2D eigenvalue weighted by molar-refractivity contribution is 5.89. The number of aliphatic carboxylic acids is 1. The Hall–Kier alpha value is -1.42. The van der Waals surface area contributed by atoms with E-state index in [2.05, 4.69) is 0 Å². The second-order valence-electron chi connectivity index (χ2n) is 2.81. The first-order valence-corrected chi connectivity index (χ1v) is 3.77. The highest BCUT2D eigenvalue weighted by Crippen LogP contribution is 2.24. The average molecular weight is 182 g/mol. The first-order valence-electron chi connectivity index (χ1n) is 3.77. The molecular weight excluding hydrogens is 172 g/mol. The maximum Gasteiger partial charge on any atom is 0.331 e. The lowest BCUT2D eigenvalue weighted by Crippen LogP contribution is -2.33. The van der Waals surface area contributed by atoms with Gasteiger partial charge in [-0.25, -0.2) is 4.79 Å². The van der Waals surface area contributed by atoms with Gasteiger partial charge in [0.25, 0.3) is 0 Å². The topological polar surface area (TPSA) is 63.6 Å². The fraction of sp³-hybridized carbons (Fsp3) is 0.333. The van der Waals surface area contributed by atoms with E-state index >= 15 is 0 Å². The van der Waals surface area contributed by atoms with Gasteiger partial charge in [0, 0.05) is 19.1 Å². The van der Waals surface area contributed by atoms with Crippen LogP contribution in [0, 0.1) is 0 Å². The molecule has 1 atom stereocenters. The van der Waals surface area contributed by atoms with Crippen molar-refractivity contribution in [3.8, 4) is 0 Å².